The van der Waals surface area contributed by atoms with Crippen LogP contribution in [0.15, 0.2) is 0 Å². The molecule has 0 unspecified atom stereocenters. The highest BCUT2D eigenvalue weighted by Gasteiger charge is 2.29. The van der Waals surface area contributed by atoms with Gasteiger partial charge in [0.15, 0.2) is 0 Å². The van der Waals surface area contributed by atoms with Crippen LogP contribution >= 0.6 is 22.6 Å². The minimum atomic E-state index is -0.0742. The molecule has 2 saturated carbocycles. The third-order valence-corrected chi connectivity index (χ3v) is 5.93. The van der Waals surface area contributed by atoms with Crippen LogP contribution in [0.1, 0.15) is 64.2 Å². The maximum absolute atomic E-state index is 12.3. The lowest BCUT2D eigenvalue weighted by Crippen LogP contribution is -2.42. The molecule has 0 amide bonds. The molecule has 0 saturated heterocycles. The van der Waals surface area contributed by atoms with Crippen molar-refractivity contribution in [3.8, 4) is 0 Å². The first kappa shape index (κ1) is 18.5. The molecule has 0 aliphatic heterocycles. The molecule has 5 heteroatoms. The van der Waals surface area contributed by atoms with Crippen LogP contribution < -0.4 is 0 Å². The van der Waals surface area contributed by atoms with E-state index < -0.39 is 0 Å². The van der Waals surface area contributed by atoms with E-state index >= 15 is 0 Å². The summed E-state index contributed by atoms with van der Waals surface area (Å²) >= 11 is 2.37. The highest BCUT2D eigenvalue weighted by Crippen LogP contribution is 2.25. The molecule has 0 heterocycles. The normalized spacial score (nSPS) is 27.6. The summed E-state index contributed by atoms with van der Waals surface area (Å²) in [4.78, 5) is 14.7. The van der Waals surface area contributed by atoms with Crippen LogP contribution in [0.3, 0.4) is 0 Å². The number of esters is 1. The zero-order valence-electron chi connectivity index (χ0n) is 13.8. The second kappa shape index (κ2) is 10.1. The minimum absolute atomic E-state index is 0.0450. The quantitative estimate of drug-likeness (QED) is 0.214. The number of methoxy groups -OCH3 is 1. The van der Waals surface area contributed by atoms with E-state index in [1.165, 1.54) is 44.9 Å². The third kappa shape index (κ3) is 5.64. The molecule has 0 bridgehead atoms. The van der Waals surface area contributed by atoms with E-state index in [-0.39, 0.29) is 18.2 Å². The number of nitrogens with zero attached hydrogens (tertiary/aromatic N) is 1. The molecule has 0 aromatic heterocycles. The number of halogens is 1. The first-order valence-corrected chi connectivity index (χ1v) is 10.3. The number of hydrogen-bond donors (Lipinski definition) is 0. The average Bonchev–Trinajstić information content (AvgIpc) is 2.82. The predicted octanol–water partition coefficient (Wildman–Crippen LogP) is 3.90. The third-order valence-electron chi connectivity index (χ3n) is 5.05. The smallest absolute Gasteiger partial charge is 0.320 e. The van der Waals surface area contributed by atoms with Crippen molar-refractivity contribution in [2.75, 3.05) is 18.2 Å². The van der Waals surface area contributed by atoms with Crippen LogP contribution in [-0.2, 0) is 14.3 Å². The Kier molecular flexibility index (Phi) is 8.46. The van der Waals surface area contributed by atoms with E-state index in [2.05, 4.69) is 27.5 Å². The molecule has 0 radical (unpaired) electrons. The van der Waals surface area contributed by atoms with Crippen molar-refractivity contribution in [3.05, 3.63) is 0 Å². The van der Waals surface area contributed by atoms with Crippen molar-refractivity contribution < 1.29 is 14.3 Å². The molecule has 0 aromatic carbocycles. The van der Waals surface area contributed by atoms with E-state index in [1.807, 2.05) is 0 Å². The summed E-state index contributed by atoms with van der Waals surface area (Å²) in [7, 11) is 1.72. The number of rotatable bonds is 6. The van der Waals surface area contributed by atoms with Crippen molar-refractivity contribution in [2.24, 2.45) is 0 Å². The SMILES string of the molecule is CO[C@H]1CCCC[C@H]1OC(=O)CN(CI)C1CCCCCC1. The summed E-state index contributed by atoms with van der Waals surface area (Å²) < 4.78 is 12.1. The first-order valence-electron chi connectivity index (χ1n) is 8.77. The molecule has 2 aliphatic rings. The molecular formula is C17H30INO3. The van der Waals surface area contributed by atoms with E-state index in [0.29, 0.717) is 12.6 Å². The van der Waals surface area contributed by atoms with Gasteiger partial charge in [-0.2, -0.15) is 0 Å². The summed E-state index contributed by atoms with van der Waals surface area (Å²) in [6.45, 7) is 0.431. The molecule has 2 rings (SSSR count). The summed E-state index contributed by atoms with van der Waals surface area (Å²) in [6.07, 6.45) is 12.0. The van der Waals surface area contributed by atoms with E-state index in [9.17, 15) is 4.79 Å². The minimum Gasteiger partial charge on any atom is -0.459 e. The first-order chi connectivity index (χ1) is 10.7. The molecule has 2 fully saturated rings. The molecule has 0 aromatic rings. The Morgan fingerprint density at radius 2 is 1.59 bits per heavy atom. The topological polar surface area (TPSA) is 38.8 Å². The number of ether oxygens (including phenoxy) is 2. The standard InChI is InChI=1S/C17H30INO3/c1-21-15-10-6-7-11-16(15)22-17(20)12-19(13-18)14-8-4-2-3-5-9-14/h14-16H,2-13H2,1H3/t15-,16+/m0/s1. The maximum atomic E-state index is 12.3. The van der Waals surface area contributed by atoms with E-state index in [0.717, 1.165) is 23.8 Å². The fourth-order valence-electron chi connectivity index (χ4n) is 3.73. The summed E-state index contributed by atoms with van der Waals surface area (Å²) in [5, 5.41) is 0. The Morgan fingerprint density at radius 3 is 2.18 bits per heavy atom. The van der Waals surface area contributed by atoms with Crippen molar-refractivity contribution in [3.63, 3.8) is 0 Å². The lowest BCUT2D eigenvalue weighted by molar-refractivity contribution is -0.160. The highest BCUT2D eigenvalue weighted by molar-refractivity contribution is 14.1. The van der Waals surface area contributed by atoms with Gasteiger partial charge in [-0.3, -0.25) is 9.69 Å². The van der Waals surface area contributed by atoms with Crippen LogP contribution in [0, 0.1) is 0 Å². The Balaban J connectivity index is 1.82. The zero-order valence-corrected chi connectivity index (χ0v) is 15.9. The molecule has 2 atom stereocenters. The Bertz CT molecular complexity index is 332. The zero-order chi connectivity index (χ0) is 15.8. The largest absolute Gasteiger partial charge is 0.459 e. The Morgan fingerprint density at radius 1 is 1.00 bits per heavy atom. The fourth-order valence-corrected chi connectivity index (χ4v) is 4.53. The van der Waals surface area contributed by atoms with Gasteiger partial charge in [0, 0.05) is 13.2 Å². The van der Waals surface area contributed by atoms with Crippen LogP contribution in [-0.4, -0.2) is 47.3 Å². The van der Waals surface area contributed by atoms with Gasteiger partial charge in [0.1, 0.15) is 6.10 Å². The highest BCUT2D eigenvalue weighted by atomic mass is 127. The van der Waals surface area contributed by atoms with Gasteiger partial charge in [0.05, 0.1) is 17.2 Å². The average molecular weight is 423 g/mol. The number of carbonyl (C=O) groups is 1. The van der Waals surface area contributed by atoms with Gasteiger partial charge >= 0.3 is 5.97 Å². The van der Waals surface area contributed by atoms with Gasteiger partial charge in [-0.25, -0.2) is 0 Å². The lowest BCUT2D eigenvalue weighted by Gasteiger charge is -2.32. The predicted molar refractivity (Wildman–Crippen MR) is 96.2 cm³/mol. The summed E-state index contributed by atoms with van der Waals surface area (Å²) in [5.74, 6) is -0.0742. The van der Waals surface area contributed by atoms with Crippen molar-refractivity contribution in [2.45, 2.75) is 82.5 Å². The second-order valence-electron chi connectivity index (χ2n) is 6.60. The van der Waals surface area contributed by atoms with Gasteiger partial charge in [0.2, 0.25) is 0 Å². The fraction of sp³-hybridized carbons (Fsp3) is 0.941. The molecule has 128 valence electrons. The Labute approximate surface area is 148 Å². The molecule has 22 heavy (non-hydrogen) atoms. The summed E-state index contributed by atoms with van der Waals surface area (Å²) in [6, 6.07) is 0.552. The monoisotopic (exact) mass is 423 g/mol. The molecule has 0 spiro atoms. The van der Waals surface area contributed by atoms with Crippen LogP contribution in [0.5, 0.6) is 0 Å². The maximum Gasteiger partial charge on any atom is 0.320 e. The number of hydrogen-bond acceptors (Lipinski definition) is 4. The van der Waals surface area contributed by atoms with Crippen molar-refractivity contribution >= 4 is 28.6 Å². The molecular weight excluding hydrogens is 393 g/mol. The van der Waals surface area contributed by atoms with E-state index in [1.54, 1.807) is 7.11 Å². The Hall–Kier alpha value is 0.120. The summed E-state index contributed by atoms with van der Waals surface area (Å²) in [5.41, 5.74) is 0. The van der Waals surface area contributed by atoms with Gasteiger partial charge in [-0.15, -0.1) is 0 Å². The van der Waals surface area contributed by atoms with Gasteiger partial charge < -0.3 is 9.47 Å². The van der Waals surface area contributed by atoms with Crippen LogP contribution in [0.25, 0.3) is 0 Å². The van der Waals surface area contributed by atoms with Gasteiger partial charge in [-0.1, -0.05) is 54.7 Å². The van der Waals surface area contributed by atoms with E-state index in [4.69, 9.17) is 9.47 Å². The van der Waals surface area contributed by atoms with Gasteiger partial charge in [0.25, 0.3) is 0 Å². The second-order valence-corrected chi connectivity index (χ2v) is 7.28. The van der Waals surface area contributed by atoms with Crippen LogP contribution in [0.2, 0.25) is 0 Å². The molecule has 4 nitrogen and oxygen atoms in total. The number of carbonyl (C=O) groups excluding carboxylic acids is 1. The van der Waals surface area contributed by atoms with Gasteiger partial charge in [-0.05, 0) is 32.1 Å². The van der Waals surface area contributed by atoms with Crippen molar-refractivity contribution in [1.82, 2.24) is 4.90 Å². The number of alkyl halides is 1. The van der Waals surface area contributed by atoms with Crippen molar-refractivity contribution in [1.29, 1.82) is 0 Å². The molecule has 0 N–H and O–H groups in total. The lowest BCUT2D eigenvalue weighted by atomic mass is 9.94. The molecule has 2 aliphatic carbocycles. The van der Waals surface area contributed by atoms with Crippen LogP contribution in [0.4, 0.5) is 0 Å².